The number of hydrogen-bond donors (Lipinski definition) is 1. The third kappa shape index (κ3) is 6.48. The first kappa shape index (κ1) is 17.1. The quantitative estimate of drug-likeness (QED) is 0.669. The summed E-state index contributed by atoms with van der Waals surface area (Å²) in [6, 6.07) is 6.25. The molecule has 0 bridgehead atoms. The summed E-state index contributed by atoms with van der Waals surface area (Å²) in [7, 11) is 1.67. The molecular weight excluding hydrogens is 254 g/mol. The number of rotatable bonds is 10. The van der Waals surface area contributed by atoms with Crippen molar-refractivity contribution < 1.29 is 14.2 Å². The topological polar surface area (TPSA) is 53.7 Å². The first-order valence-electron chi connectivity index (χ1n) is 7.12. The molecule has 0 aliphatic rings. The second-order valence-corrected chi connectivity index (χ2v) is 4.98. The van der Waals surface area contributed by atoms with E-state index in [1.165, 1.54) is 11.1 Å². The normalized spacial score (nSPS) is 12.6. The second kappa shape index (κ2) is 9.88. The highest BCUT2D eigenvalue weighted by atomic mass is 16.5. The minimum absolute atomic E-state index is 0.0660. The van der Waals surface area contributed by atoms with Gasteiger partial charge in [-0.05, 0) is 37.0 Å². The molecule has 0 fully saturated rings. The van der Waals surface area contributed by atoms with Crippen molar-refractivity contribution in [3.05, 3.63) is 34.9 Å². The average Bonchev–Trinajstić information content (AvgIpc) is 2.44. The fraction of sp³-hybridized carbons (Fsp3) is 0.625. The van der Waals surface area contributed by atoms with Crippen LogP contribution in [0.1, 0.15) is 29.2 Å². The molecule has 2 N–H and O–H groups in total. The summed E-state index contributed by atoms with van der Waals surface area (Å²) < 4.78 is 15.8. The Balaban J connectivity index is 2.13. The predicted molar refractivity (Wildman–Crippen MR) is 81.0 cm³/mol. The molecule has 0 heterocycles. The van der Waals surface area contributed by atoms with Crippen LogP contribution in [0.2, 0.25) is 0 Å². The number of hydrogen-bond acceptors (Lipinski definition) is 4. The number of methoxy groups -OCH3 is 1. The van der Waals surface area contributed by atoms with Crippen LogP contribution < -0.4 is 5.73 Å². The summed E-state index contributed by atoms with van der Waals surface area (Å²) >= 11 is 0. The summed E-state index contributed by atoms with van der Waals surface area (Å²) in [6.45, 7) is 7.39. The largest absolute Gasteiger partial charge is 0.382 e. The van der Waals surface area contributed by atoms with Crippen LogP contribution in [0.25, 0.3) is 0 Å². The van der Waals surface area contributed by atoms with E-state index in [1.54, 1.807) is 7.11 Å². The maximum Gasteiger partial charge on any atom is 0.0700 e. The Bertz CT molecular complexity index is 382. The highest BCUT2D eigenvalue weighted by Crippen LogP contribution is 2.15. The van der Waals surface area contributed by atoms with E-state index in [2.05, 4.69) is 32.0 Å². The van der Waals surface area contributed by atoms with Gasteiger partial charge in [0.1, 0.15) is 0 Å². The summed E-state index contributed by atoms with van der Waals surface area (Å²) in [6.07, 6.45) is 0.878. The van der Waals surface area contributed by atoms with Crippen LogP contribution in [0.15, 0.2) is 18.2 Å². The third-order valence-corrected chi connectivity index (χ3v) is 3.27. The van der Waals surface area contributed by atoms with Gasteiger partial charge < -0.3 is 19.9 Å². The Morgan fingerprint density at radius 1 is 1.00 bits per heavy atom. The van der Waals surface area contributed by atoms with Crippen molar-refractivity contribution in [3.63, 3.8) is 0 Å². The van der Waals surface area contributed by atoms with Gasteiger partial charge in [0, 0.05) is 20.3 Å². The standard InChI is InChI=1S/C16H27NO3/c1-13-5-6-15(11-14(13)2)16(17)12-20-8-4-7-19-10-9-18-3/h5-6,11,16H,4,7-10,12,17H2,1-3H3. The molecule has 1 aromatic carbocycles. The van der Waals surface area contributed by atoms with Gasteiger partial charge in [-0.15, -0.1) is 0 Å². The molecule has 0 spiro atoms. The van der Waals surface area contributed by atoms with Crippen LogP contribution in [-0.4, -0.2) is 40.1 Å². The number of benzene rings is 1. The lowest BCUT2D eigenvalue weighted by Crippen LogP contribution is -2.18. The molecule has 0 radical (unpaired) electrons. The number of aryl methyl sites for hydroxylation is 2. The van der Waals surface area contributed by atoms with E-state index in [0.717, 1.165) is 12.0 Å². The Kier molecular flexibility index (Phi) is 8.46. The van der Waals surface area contributed by atoms with E-state index in [-0.39, 0.29) is 6.04 Å². The first-order chi connectivity index (χ1) is 9.65. The van der Waals surface area contributed by atoms with E-state index < -0.39 is 0 Å². The lowest BCUT2D eigenvalue weighted by Gasteiger charge is -2.14. The van der Waals surface area contributed by atoms with Crippen molar-refractivity contribution >= 4 is 0 Å². The molecule has 0 saturated carbocycles. The molecule has 1 atom stereocenters. The van der Waals surface area contributed by atoms with Gasteiger partial charge in [0.15, 0.2) is 0 Å². The summed E-state index contributed by atoms with van der Waals surface area (Å²) in [5, 5.41) is 0. The fourth-order valence-electron chi connectivity index (χ4n) is 1.81. The lowest BCUT2D eigenvalue weighted by atomic mass is 10.0. The van der Waals surface area contributed by atoms with E-state index in [0.29, 0.717) is 33.0 Å². The maximum atomic E-state index is 6.12. The van der Waals surface area contributed by atoms with Crippen molar-refractivity contribution in [2.75, 3.05) is 40.1 Å². The van der Waals surface area contributed by atoms with Crippen LogP contribution in [0.3, 0.4) is 0 Å². The lowest BCUT2D eigenvalue weighted by molar-refractivity contribution is 0.0492. The maximum absolute atomic E-state index is 6.12. The fourth-order valence-corrected chi connectivity index (χ4v) is 1.81. The van der Waals surface area contributed by atoms with E-state index >= 15 is 0 Å². The van der Waals surface area contributed by atoms with Crippen molar-refractivity contribution in [2.45, 2.75) is 26.3 Å². The molecule has 0 aliphatic carbocycles. The van der Waals surface area contributed by atoms with E-state index in [9.17, 15) is 0 Å². The molecule has 20 heavy (non-hydrogen) atoms. The van der Waals surface area contributed by atoms with Crippen LogP contribution in [0.5, 0.6) is 0 Å². The summed E-state index contributed by atoms with van der Waals surface area (Å²) in [5.41, 5.74) is 9.81. The molecule has 0 saturated heterocycles. The van der Waals surface area contributed by atoms with Crippen molar-refractivity contribution in [2.24, 2.45) is 5.73 Å². The molecule has 1 aromatic rings. The minimum Gasteiger partial charge on any atom is -0.382 e. The van der Waals surface area contributed by atoms with Crippen molar-refractivity contribution in [1.29, 1.82) is 0 Å². The van der Waals surface area contributed by atoms with Gasteiger partial charge in [0.05, 0.1) is 25.9 Å². The predicted octanol–water partition coefficient (Wildman–Crippen LogP) is 2.37. The average molecular weight is 281 g/mol. The van der Waals surface area contributed by atoms with Crippen LogP contribution in [0, 0.1) is 13.8 Å². The SMILES string of the molecule is COCCOCCCOCC(N)c1ccc(C)c(C)c1. The van der Waals surface area contributed by atoms with Gasteiger partial charge in [-0.25, -0.2) is 0 Å². The molecule has 1 unspecified atom stereocenters. The first-order valence-corrected chi connectivity index (χ1v) is 7.12. The second-order valence-electron chi connectivity index (χ2n) is 4.98. The van der Waals surface area contributed by atoms with Gasteiger partial charge >= 0.3 is 0 Å². The van der Waals surface area contributed by atoms with Crippen LogP contribution >= 0.6 is 0 Å². The zero-order valence-electron chi connectivity index (χ0n) is 12.9. The minimum atomic E-state index is -0.0660. The highest BCUT2D eigenvalue weighted by Gasteiger charge is 2.07. The molecule has 1 rings (SSSR count). The molecule has 0 aliphatic heterocycles. The molecule has 4 nitrogen and oxygen atoms in total. The van der Waals surface area contributed by atoms with Crippen LogP contribution in [0.4, 0.5) is 0 Å². The van der Waals surface area contributed by atoms with E-state index in [1.807, 2.05) is 0 Å². The van der Waals surface area contributed by atoms with Gasteiger partial charge in [-0.2, -0.15) is 0 Å². The Morgan fingerprint density at radius 2 is 1.75 bits per heavy atom. The monoisotopic (exact) mass is 281 g/mol. The van der Waals surface area contributed by atoms with Crippen molar-refractivity contribution in [1.82, 2.24) is 0 Å². The highest BCUT2D eigenvalue weighted by molar-refractivity contribution is 5.31. The van der Waals surface area contributed by atoms with Gasteiger partial charge in [-0.1, -0.05) is 18.2 Å². The Hall–Kier alpha value is -0.940. The zero-order valence-corrected chi connectivity index (χ0v) is 12.9. The number of ether oxygens (including phenoxy) is 3. The van der Waals surface area contributed by atoms with E-state index in [4.69, 9.17) is 19.9 Å². The molecule has 114 valence electrons. The Morgan fingerprint density at radius 3 is 2.45 bits per heavy atom. The number of nitrogens with two attached hydrogens (primary N) is 1. The third-order valence-electron chi connectivity index (χ3n) is 3.27. The van der Waals surface area contributed by atoms with Crippen molar-refractivity contribution in [3.8, 4) is 0 Å². The smallest absolute Gasteiger partial charge is 0.0700 e. The molecule has 0 aromatic heterocycles. The molecular formula is C16H27NO3. The molecule has 0 amide bonds. The summed E-state index contributed by atoms with van der Waals surface area (Å²) in [4.78, 5) is 0. The zero-order chi connectivity index (χ0) is 14.8. The van der Waals surface area contributed by atoms with Gasteiger partial charge in [-0.3, -0.25) is 0 Å². The summed E-state index contributed by atoms with van der Waals surface area (Å²) in [5.74, 6) is 0. The van der Waals surface area contributed by atoms with Gasteiger partial charge in [0.25, 0.3) is 0 Å². The van der Waals surface area contributed by atoms with Gasteiger partial charge in [0.2, 0.25) is 0 Å². The van der Waals surface area contributed by atoms with Crippen LogP contribution in [-0.2, 0) is 14.2 Å². The molecule has 4 heteroatoms. The Labute approximate surface area is 122 Å².